The van der Waals surface area contributed by atoms with Crippen LogP contribution in [0.25, 0.3) is 0 Å². The summed E-state index contributed by atoms with van der Waals surface area (Å²) >= 11 is 0. The molecule has 31 heavy (non-hydrogen) atoms. The lowest BCUT2D eigenvalue weighted by atomic mass is 10.1. The van der Waals surface area contributed by atoms with Crippen LogP contribution in [0.5, 0.6) is 5.75 Å². The van der Waals surface area contributed by atoms with Crippen molar-refractivity contribution in [3.8, 4) is 5.75 Å². The Morgan fingerprint density at radius 2 is 1.81 bits per heavy atom. The molecular formula is C21H25N3O6S. The van der Waals surface area contributed by atoms with Crippen LogP contribution >= 0.6 is 0 Å². The number of nitrogens with one attached hydrogen (secondary N) is 2. The van der Waals surface area contributed by atoms with Crippen LogP contribution in [0.15, 0.2) is 47.4 Å². The smallest absolute Gasteiger partial charge is 0.261 e. The van der Waals surface area contributed by atoms with Crippen LogP contribution in [-0.2, 0) is 14.8 Å². The highest BCUT2D eigenvalue weighted by Crippen LogP contribution is 2.26. The van der Waals surface area contributed by atoms with E-state index in [1.165, 1.54) is 31.4 Å². The first-order valence-corrected chi connectivity index (χ1v) is 11.3. The molecule has 0 bridgehead atoms. The third kappa shape index (κ3) is 5.15. The molecule has 1 fully saturated rings. The zero-order valence-electron chi connectivity index (χ0n) is 17.4. The zero-order chi connectivity index (χ0) is 22.4. The van der Waals surface area contributed by atoms with Crippen molar-refractivity contribution in [2.45, 2.75) is 11.8 Å². The molecule has 0 aliphatic carbocycles. The number of benzene rings is 2. The third-order valence-corrected chi connectivity index (χ3v) is 6.13. The monoisotopic (exact) mass is 447 g/mol. The maximum atomic E-state index is 13.1. The van der Waals surface area contributed by atoms with Gasteiger partial charge in [0.15, 0.2) is 0 Å². The van der Waals surface area contributed by atoms with E-state index in [-0.39, 0.29) is 33.4 Å². The largest absolute Gasteiger partial charge is 0.496 e. The van der Waals surface area contributed by atoms with Crippen molar-refractivity contribution >= 4 is 27.5 Å². The highest BCUT2D eigenvalue weighted by Gasteiger charge is 2.24. The summed E-state index contributed by atoms with van der Waals surface area (Å²) in [4.78, 5) is 26.7. The van der Waals surface area contributed by atoms with E-state index in [2.05, 4.69) is 10.0 Å². The van der Waals surface area contributed by atoms with E-state index >= 15 is 0 Å². The van der Waals surface area contributed by atoms with E-state index in [1.54, 1.807) is 30.0 Å². The number of amides is 2. The molecule has 10 heteroatoms. The first-order valence-electron chi connectivity index (χ1n) is 9.82. The molecular weight excluding hydrogens is 422 g/mol. The lowest BCUT2D eigenvalue weighted by Gasteiger charge is -2.27. The molecule has 1 saturated heterocycles. The number of morpholine rings is 1. The van der Waals surface area contributed by atoms with Gasteiger partial charge in [0, 0.05) is 19.6 Å². The average molecular weight is 448 g/mol. The van der Waals surface area contributed by atoms with Crippen LogP contribution in [0.4, 0.5) is 5.69 Å². The molecule has 0 saturated carbocycles. The summed E-state index contributed by atoms with van der Waals surface area (Å²) < 4.78 is 39.0. The molecule has 1 aliphatic heterocycles. The minimum absolute atomic E-state index is 0.102. The molecule has 0 radical (unpaired) electrons. The Hall–Kier alpha value is -3.11. The standard InChI is InChI=1S/C21H25N3O6S/c1-3-22-20(25)17-14-15(8-9-19(17)29-2)31(27,28)23-18-7-5-4-6-16(18)21(26)24-10-12-30-13-11-24/h4-9,14,23H,3,10-13H2,1-2H3,(H,22,25). The maximum Gasteiger partial charge on any atom is 0.261 e. The predicted molar refractivity (Wildman–Crippen MR) is 115 cm³/mol. The summed E-state index contributed by atoms with van der Waals surface area (Å²) in [7, 11) is -2.68. The average Bonchev–Trinajstić information content (AvgIpc) is 2.79. The van der Waals surface area contributed by atoms with Gasteiger partial charge < -0.3 is 19.7 Å². The molecule has 9 nitrogen and oxygen atoms in total. The van der Waals surface area contributed by atoms with Gasteiger partial charge in [0.2, 0.25) is 0 Å². The van der Waals surface area contributed by atoms with Gasteiger partial charge in [-0.1, -0.05) is 12.1 Å². The van der Waals surface area contributed by atoms with Crippen molar-refractivity contribution in [2.24, 2.45) is 0 Å². The second-order valence-electron chi connectivity index (χ2n) is 6.78. The van der Waals surface area contributed by atoms with Gasteiger partial charge in [-0.3, -0.25) is 14.3 Å². The van der Waals surface area contributed by atoms with Gasteiger partial charge in [-0.05, 0) is 37.3 Å². The molecule has 166 valence electrons. The minimum Gasteiger partial charge on any atom is -0.496 e. The first-order chi connectivity index (χ1) is 14.9. The van der Waals surface area contributed by atoms with E-state index in [9.17, 15) is 18.0 Å². The summed E-state index contributed by atoms with van der Waals surface area (Å²) in [6, 6.07) is 10.4. The molecule has 2 aromatic rings. The van der Waals surface area contributed by atoms with Gasteiger partial charge in [0.05, 0.1) is 42.0 Å². The van der Waals surface area contributed by atoms with Crippen molar-refractivity contribution in [2.75, 3.05) is 44.7 Å². The predicted octanol–water partition coefficient (Wildman–Crippen LogP) is 1.72. The van der Waals surface area contributed by atoms with Gasteiger partial charge in [-0.2, -0.15) is 0 Å². The Kier molecular flexibility index (Phi) is 7.13. The number of ether oxygens (including phenoxy) is 2. The molecule has 2 aromatic carbocycles. The summed E-state index contributed by atoms with van der Waals surface area (Å²) in [6.45, 7) is 3.90. The van der Waals surface area contributed by atoms with E-state index in [0.29, 0.717) is 32.8 Å². The summed E-state index contributed by atoms with van der Waals surface area (Å²) in [5.41, 5.74) is 0.504. The number of hydrogen-bond donors (Lipinski definition) is 2. The number of carbonyl (C=O) groups is 2. The Labute approximate surface area is 181 Å². The van der Waals surface area contributed by atoms with E-state index < -0.39 is 15.9 Å². The second kappa shape index (κ2) is 9.80. The van der Waals surface area contributed by atoms with Crippen LogP contribution in [0.3, 0.4) is 0 Å². The molecule has 0 unspecified atom stereocenters. The molecule has 0 spiro atoms. The van der Waals surface area contributed by atoms with Gasteiger partial charge in [0.25, 0.3) is 21.8 Å². The van der Waals surface area contributed by atoms with Gasteiger partial charge >= 0.3 is 0 Å². The zero-order valence-corrected chi connectivity index (χ0v) is 18.2. The number of sulfonamides is 1. The van der Waals surface area contributed by atoms with Crippen molar-refractivity contribution in [3.63, 3.8) is 0 Å². The number of nitrogens with zero attached hydrogens (tertiary/aromatic N) is 1. The van der Waals surface area contributed by atoms with Crippen molar-refractivity contribution in [1.29, 1.82) is 0 Å². The van der Waals surface area contributed by atoms with Crippen LogP contribution in [0.1, 0.15) is 27.6 Å². The second-order valence-corrected chi connectivity index (χ2v) is 8.46. The first kappa shape index (κ1) is 22.6. The summed E-state index contributed by atoms with van der Waals surface area (Å²) in [5, 5.41) is 2.63. The van der Waals surface area contributed by atoms with E-state index in [0.717, 1.165) is 0 Å². The van der Waals surface area contributed by atoms with E-state index in [4.69, 9.17) is 9.47 Å². The molecule has 1 heterocycles. The van der Waals surface area contributed by atoms with Crippen LogP contribution in [0.2, 0.25) is 0 Å². The van der Waals surface area contributed by atoms with Crippen molar-refractivity contribution < 1.29 is 27.5 Å². The number of carbonyl (C=O) groups excluding carboxylic acids is 2. The molecule has 3 rings (SSSR count). The van der Waals surface area contributed by atoms with Crippen LogP contribution in [0, 0.1) is 0 Å². The maximum absolute atomic E-state index is 13.1. The van der Waals surface area contributed by atoms with Crippen LogP contribution in [-0.4, -0.2) is 65.1 Å². The molecule has 0 atom stereocenters. The van der Waals surface area contributed by atoms with Gasteiger partial charge in [-0.25, -0.2) is 8.42 Å². The Balaban J connectivity index is 1.92. The van der Waals surface area contributed by atoms with Crippen molar-refractivity contribution in [1.82, 2.24) is 10.2 Å². The highest BCUT2D eigenvalue weighted by atomic mass is 32.2. The normalized spacial score (nSPS) is 14.1. The van der Waals surface area contributed by atoms with Gasteiger partial charge in [-0.15, -0.1) is 0 Å². The fraction of sp³-hybridized carbons (Fsp3) is 0.333. The topological polar surface area (TPSA) is 114 Å². The Morgan fingerprint density at radius 3 is 2.48 bits per heavy atom. The van der Waals surface area contributed by atoms with Crippen LogP contribution < -0.4 is 14.8 Å². The summed E-state index contributed by atoms with van der Waals surface area (Å²) in [5.74, 6) is -0.466. The fourth-order valence-electron chi connectivity index (χ4n) is 3.19. The number of rotatable bonds is 7. The van der Waals surface area contributed by atoms with E-state index in [1.807, 2.05) is 0 Å². The number of para-hydroxylation sites is 1. The molecule has 2 N–H and O–H groups in total. The third-order valence-electron chi connectivity index (χ3n) is 4.76. The number of hydrogen-bond acceptors (Lipinski definition) is 6. The molecule has 2 amide bonds. The SMILES string of the molecule is CCNC(=O)c1cc(S(=O)(=O)Nc2ccccc2C(=O)N2CCOCC2)ccc1OC. The molecule has 0 aromatic heterocycles. The molecule has 1 aliphatic rings. The van der Waals surface area contributed by atoms with Gasteiger partial charge in [0.1, 0.15) is 5.75 Å². The highest BCUT2D eigenvalue weighted by molar-refractivity contribution is 7.92. The summed E-state index contributed by atoms with van der Waals surface area (Å²) in [6.07, 6.45) is 0. The lowest BCUT2D eigenvalue weighted by Crippen LogP contribution is -2.41. The Morgan fingerprint density at radius 1 is 1.10 bits per heavy atom. The number of methoxy groups -OCH3 is 1. The lowest BCUT2D eigenvalue weighted by molar-refractivity contribution is 0.0303. The Bertz CT molecular complexity index is 1060. The number of anilines is 1. The quantitative estimate of drug-likeness (QED) is 0.668. The minimum atomic E-state index is -4.08. The van der Waals surface area contributed by atoms with Crippen molar-refractivity contribution in [3.05, 3.63) is 53.6 Å². The fourth-order valence-corrected chi connectivity index (χ4v) is 4.29.